The zero-order valence-electron chi connectivity index (χ0n) is 12.6. The van der Waals surface area contributed by atoms with E-state index >= 15 is 0 Å². The Morgan fingerprint density at radius 1 is 1.43 bits per heavy atom. The molecule has 0 saturated carbocycles. The maximum atomic E-state index is 12.7. The van der Waals surface area contributed by atoms with E-state index in [1.165, 1.54) is 12.1 Å². The van der Waals surface area contributed by atoms with Gasteiger partial charge in [0.05, 0.1) is 4.92 Å². The Hall–Kier alpha value is -1.62. The molecule has 21 heavy (non-hydrogen) atoms. The van der Waals surface area contributed by atoms with Gasteiger partial charge in [-0.05, 0) is 31.9 Å². The molecule has 0 N–H and O–H groups in total. The molecular formula is C15H21ClN2O3. The average molecular weight is 313 g/mol. The first kappa shape index (κ1) is 17.4. The number of hydrogen-bond acceptors (Lipinski definition) is 3. The van der Waals surface area contributed by atoms with Crippen molar-refractivity contribution >= 4 is 23.2 Å². The van der Waals surface area contributed by atoms with Gasteiger partial charge >= 0.3 is 5.69 Å². The highest BCUT2D eigenvalue weighted by Crippen LogP contribution is 2.29. The number of nitro groups is 1. The highest BCUT2D eigenvalue weighted by molar-refractivity contribution is 6.33. The maximum absolute atomic E-state index is 12.7. The Morgan fingerprint density at radius 2 is 2.10 bits per heavy atom. The largest absolute Gasteiger partial charge is 0.336 e. The molecule has 0 radical (unpaired) electrons. The number of rotatable bonds is 7. The van der Waals surface area contributed by atoms with Crippen LogP contribution in [0.3, 0.4) is 0 Å². The molecule has 0 aliphatic rings. The van der Waals surface area contributed by atoms with Crippen molar-refractivity contribution in [2.75, 3.05) is 6.54 Å². The molecule has 1 aromatic rings. The van der Waals surface area contributed by atoms with Gasteiger partial charge < -0.3 is 4.90 Å². The van der Waals surface area contributed by atoms with E-state index in [0.717, 1.165) is 19.3 Å². The lowest BCUT2D eigenvalue weighted by Crippen LogP contribution is -2.39. The van der Waals surface area contributed by atoms with Gasteiger partial charge in [0, 0.05) is 12.6 Å². The van der Waals surface area contributed by atoms with Crippen molar-refractivity contribution in [2.45, 2.75) is 46.1 Å². The Kier molecular flexibility index (Phi) is 6.62. The van der Waals surface area contributed by atoms with Crippen molar-refractivity contribution in [1.82, 2.24) is 4.90 Å². The molecule has 0 spiro atoms. The van der Waals surface area contributed by atoms with Gasteiger partial charge in [-0.15, -0.1) is 0 Å². The molecule has 116 valence electrons. The van der Waals surface area contributed by atoms with Gasteiger partial charge in [0.15, 0.2) is 0 Å². The van der Waals surface area contributed by atoms with Crippen molar-refractivity contribution in [3.8, 4) is 0 Å². The summed E-state index contributed by atoms with van der Waals surface area (Å²) in [5, 5.41) is 11.2. The van der Waals surface area contributed by atoms with Crippen LogP contribution in [-0.2, 0) is 0 Å². The molecule has 0 aliphatic heterocycles. The number of carbonyl (C=O) groups is 1. The zero-order valence-corrected chi connectivity index (χ0v) is 13.4. The predicted octanol–water partition coefficient (Wildman–Crippen LogP) is 4.29. The number of benzene rings is 1. The molecule has 0 fully saturated rings. The molecule has 1 atom stereocenters. The predicted molar refractivity (Wildman–Crippen MR) is 83.8 cm³/mol. The number of unbranched alkanes of at least 4 members (excludes halogenated alkanes) is 1. The Balaban J connectivity index is 3.20. The summed E-state index contributed by atoms with van der Waals surface area (Å²) in [6.07, 6.45) is 2.62. The minimum atomic E-state index is -0.593. The quantitative estimate of drug-likeness (QED) is 0.557. The van der Waals surface area contributed by atoms with E-state index in [1.807, 2.05) is 20.8 Å². The van der Waals surface area contributed by atoms with Gasteiger partial charge in [-0.25, -0.2) is 0 Å². The first-order valence-corrected chi connectivity index (χ1v) is 7.55. The smallest absolute Gasteiger partial charge is 0.300 e. The topological polar surface area (TPSA) is 63.5 Å². The number of nitrogens with zero attached hydrogens (tertiary/aromatic N) is 2. The van der Waals surface area contributed by atoms with Crippen LogP contribution in [0.4, 0.5) is 5.69 Å². The van der Waals surface area contributed by atoms with Crippen LogP contribution in [0.25, 0.3) is 0 Å². The summed E-state index contributed by atoms with van der Waals surface area (Å²) in [6.45, 7) is 6.57. The molecule has 6 heteroatoms. The highest BCUT2D eigenvalue weighted by atomic mass is 35.5. The molecule has 1 rings (SSSR count). The highest BCUT2D eigenvalue weighted by Gasteiger charge is 2.28. The van der Waals surface area contributed by atoms with E-state index in [-0.39, 0.29) is 28.2 Å². The summed E-state index contributed by atoms with van der Waals surface area (Å²) < 4.78 is 0. The number of carbonyl (C=O) groups excluding carboxylic acids is 1. The van der Waals surface area contributed by atoms with Gasteiger partial charge in [0.25, 0.3) is 5.91 Å². The second-order valence-electron chi connectivity index (χ2n) is 5.00. The summed E-state index contributed by atoms with van der Waals surface area (Å²) in [5.74, 6) is -0.327. The molecule has 1 aromatic carbocycles. The Bertz CT molecular complexity index is 520. The third-order valence-electron chi connectivity index (χ3n) is 3.54. The van der Waals surface area contributed by atoms with Crippen LogP contribution in [0.1, 0.15) is 50.4 Å². The SMILES string of the molecule is CCCCN(C(=O)c1cccc(Cl)c1[N+](=O)[O-])C(C)CC. The summed E-state index contributed by atoms with van der Waals surface area (Å²) in [6, 6.07) is 4.49. The molecule has 0 saturated heterocycles. The fraction of sp³-hybridized carbons (Fsp3) is 0.533. The van der Waals surface area contributed by atoms with E-state index in [1.54, 1.807) is 11.0 Å². The molecular weight excluding hydrogens is 292 g/mol. The Labute approximate surface area is 130 Å². The van der Waals surface area contributed by atoms with E-state index < -0.39 is 4.92 Å². The lowest BCUT2D eigenvalue weighted by atomic mass is 10.1. The number of para-hydroxylation sites is 1. The molecule has 1 unspecified atom stereocenters. The summed E-state index contributed by atoms with van der Waals surface area (Å²) in [4.78, 5) is 25.0. The lowest BCUT2D eigenvalue weighted by molar-refractivity contribution is -0.385. The van der Waals surface area contributed by atoms with Crippen LogP contribution in [0.2, 0.25) is 5.02 Å². The number of nitro benzene ring substituents is 1. The number of halogens is 1. The fourth-order valence-electron chi connectivity index (χ4n) is 2.10. The van der Waals surface area contributed by atoms with E-state index in [9.17, 15) is 14.9 Å². The molecule has 0 aromatic heterocycles. The minimum absolute atomic E-state index is 0.00885. The third-order valence-corrected chi connectivity index (χ3v) is 3.84. The van der Waals surface area contributed by atoms with Crippen LogP contribution >= 0.6 is 11.6 Å². The summed E-state index contributed by atoms with van der Waals surface area (Å²) in [5.41, 5.74) is -0.252. The summed E-state index contributed by atoms with van der Waals surface area (Å²) >= 11 is 5.88. The molecule has 5 nitrogen and oxygen atoms in total. The third kappa shape index (κ3) is 4.17. The van der Waals surface area contributed by atoms with Crippen LogP contribution in [0, 0.1) is 10.1 Å². The van der Waals surface area contributed by atoms with Crippen LogP contribution in [-0.4, -0.2) is 28.3 Å². The van der Waals surface area contributed by atoms with Crippen molar-refractivity contribution < 1.29 is 9.72 Å². The molecule has 0 aliphatic carbocycles. The minimum Gasteiger partial charge on any atom is -0.336 e. The Morgan fingerprint density at radius 3 is 2.62 bits per heavy atom. The molecule has 0 bridgehead atoms. The molecule has 1 amide bonds. The lowest BCUT2D eigenvalue weighted by Gasteiger charge is -2.28. The van der Waals surface area contributed by atoms with Crippen molar-refractivity contribution in [3.63, 3.8) is 0 Å². The van der Waals surface area contributed by atoms with Crippen LogP contribution < -0.4 is 0 Å². The second-order valence-corrected chi connectivity index (χ2v) is 5.41. The fourth-order valence-corrected chi connectivity index (χ4v) is 2.34. The first-order chi connectivity index (χ1) is 9.93. The van der Waals surface area contributed by atoms with Crippen LogP contribution in [0.5, 0.6) is 0 Å². The average Bonchev–Trinajstić information content (AvgIpc) is 2.46. The van der Waals surface area contributed by atoms with Crippen molar-refractivity contribution in [2.24, 2.45) is 0 Å². The molecule has 0 heterocycles. The number of hydrogen-bond donors (Lipinski definition) is 0. The van der Waals surface area contributed by atoms with E-state index in [4.69, 9.17) is 11.6 Å². The van der Waals surface area contributed by atoms with Gasteiger partial charge in [0.1, 0.15) is 10.6 Å². The second kappa shape index (κ2) is 7.98. The first-order valence-electron chi connectivity index (χ1n) is 7.17. The standard InChI is InChI=1S/C15H21ClN2O3/c1-4-6-10-17(11(3)5-2)15(19)12-8-7-9-13(16)14(12)18(20)21/h7-9,11H,4-6,10H2,1-3H3. The summed E-state index contributed by atoms with van der Waals surface area (Å²) in [7, 11) is 0. The van der Waals surface area contributed by atoms with Crippen LogP contribution in [0.15, 0.2) is 18.2 Å². The van der Waals surface area contributed by atoms with Gasteiger partial charge in [-0.3, -0.25) is 14.9 Å². The maximum Gasteiger partial charge on any atom is 0.300 e. The normalized spacial score (nSPS) is 12.0. The van der Waals surface area contributed by atoms with Gasteiger partial charge in [-0.2, -0.15) is 0 Å². The monoisotopic (exact) mass is 312 g/mol. The van der Waals surface area contributed by atoms with Gasteiger partial charge in [-0.1, -0.05) is 37.9 Å². The van der Waals surface area contributed by atoms with Crippen molar-refractivity contribution in [1.29, 1.82) is 0 Å². The van der Waals surface area contributed by atoms with Gasteiger partial charge in [0.2, 0.25) is 0 Å². The van der Waals surface area contributed by atoms with E-state index in [2.05, 4.69) is 0 Å². The number of amides is 1. The van der Waals surface area contributed by atoms with E-state index in [0.29, 0.717) is 6.54 Å². The van der Waals surface area contributed by atoms with Crippen molar-refractivity contribution in [3.05, 3.63) is 38.9 Å². The zero-order chi connectivity index (χ0) is 16.0.